The number of carbonyl (C=O) groups excluding carboxylic acids is 1. The molecule has 0 heterocycles. The lowest BCUT2D eigenvalue weighted by Gasteiger charge is -2.13. The summed E-state index contributed by atoms with van der Waals surface area (Å²) in [5.41, 5.74) is 3.69. The molecule has 2 rings (SSSR count). The van der Waals surface area contributed by atoms with E-state index < -0.39 is 15.9 Å². The molecule has 0 bridgehead atoms. The molecule has 2 N–H and O–H groups in total. The largest absolute Gasteiger partial charge is 0.325 e. The summed E-state index contributed by atoms with van der Waals surface area (Å²) in [7, 11) is -3.77. The van der Waals surface area contributed by atoms with Crippen molar-refractivity contribution in [2.24, 2.45) is 0 Å². The average Bonchev–Trinajstić information content (AvgIpc) is 2.47. The van der Waals surface area contributed by atoms with Crippen LogP contribution in [-0.4, -0.2) is 20.9 Å². The maximum atomic E-state index is 12.5. The zero-order valence-electron chi connectivity index (χ0n) is 14.6. The van der Waals surface area contributed by atoms with Gasteiger partial charge in [-0.2, -0.15) is 0 Å². The van der Waals surface area contributed by atoms with E-state index in [1.165, 1.54) is 0 Å². The molecule has 5 nitrogen and oxygen atoms in total. The Hall–Kier alpha value is -1.89. The van der Waals surface area contributed by atoms with Crippen LogP contribution in [0.3, 0.4) is 0 Å². The summed E-state index contributed by atoms with van der Waals surface area (Å²) in [6, 6.07) is 8.67. The highest BCUT2D eigenvalue weighted by molar-refractivity contribution is 7.89. The average molecular weight is 381 g/mol. The maximum Gasteiger partial charge on any atom is 0.241 e. The Morgan fingerprint density at radius 1 is 1.00 bits per heavy atom. The predicted octanol–water partition coefficient (Wildman–Crippen LogP) is 3.49. The fraction of sp³-hybridized carbons (Fsp3) is 0.278. The highest BCUT2D eigenvalue weighted by Crippen LogP contribution is 2.22. The van der Waals surface area contributed by atoms with Crippen molar-refractivity contribution in [3.05, 3.63) is 57.6 Å². The van der Waals surface area contributed by atoms with E-state index in [1.54, 1.807) is 44.2 Å². The zero-order valence-corrected chi connectivity index (χ0v) is 16.2. The van der Waals surface area contributed by atoms with Gasteiger partial charge < -0.3 is 5.32 Å². The summed E-state index contributed by atoms with van der Waals surface area (Å²) in [6.07, 6.45) is 0. The van der Waals surface area contributed by atoms with Gasteiger partial charge in [0.15, 0.2) is 0 Å². The molecule has 0 aromatic heterocycles. The molecule has 0 fully saturated rings. The molecule has 0 aliphatic rings. The van der Waals surface area contributed by atoms with Crippen molar-refractivity contribution in [2.75, 3.05) is 11.9 Å². The Morgan fingerprint density at radius 3 is 2.16 bits per heavy atom. The SMILES string of the molecule is Cc1cc(C)c(S(=O)(=O)NCC(=O)Nc2ccc(Cl)cc2C)c(C)c1. The molecule has 0 saturated carbocycles. The van der Waals surface area contributed by atoms with Crippen LogP contribution in [0, 0.1) is 27.7 Å². The molecular weight excluding hydrogens is 360 g/mol. The second-order valence-corrected chi connectivity index (χ2v) is 8.20. The van der Waals surface area contributed by atoms with E-state index in [-0.39, 0.29) is 11.4 Å². The minimum absolute atomic E-state index is 0.216. The first-order valence-corrected chi connectivity index (χ1v) is 9.60. The van der Waals surface area contributed by atoms with Crippen molar-refractivity contribution in [3.63, 3.8) is 0 Å². The molecule has 0 atom stereocenters. The number of carbonyl (C=O) groups is 1. The normalized spacial score (nSPS) is 11.4. The van der Waals surface area contributed by atoms with Crippen molar-refractivity contribution >= 4 is 33.2 Å². The minimum Gasteiger partial charge on any atom is -0.325 e. The first kappa shape index (κ1) is 19.4. The highest BCUT2D eigenvalue weighted by Gasteiger charge is 2.20. The van der Waals surface area contributed by atoms with E-state index >= 15 is 0 Å². The van der Waals surface area contributed by atoms with Gasteiger partial charge in [-0.15, -0.1) is 0 Å². The van der Waals surface area contributed by atoms with Crippen molar-refractivity contribution in [3.8, 4) is 0 Å². The van der Waals surface area contributed by atoms with Gasteiger partial charge in [0.1, 0.15) is 0 Å². The number of amides is 1. The molecular formula is C18H21ClN2O3S. The summed E-state index contributed by atoms with van der Waals surface area (Å²) >= 11 is 5.88. The number of benzene rings is 2. The van der Waals surface area contributed by atoms with Gasteiger partial charge >= 0.3 is 0 Å². The fourth-order valence-corrected chi connectivity index (χ4v) is 4.44. The van der Waals surface area contributed by atoms with E-state index in [2.05, 4.69) is 10.0 Å². The third-order valence-corrected chi connectivity index (χ3v) is 5.70. The number of sulfonamides is 1. The van der Waals surface area contributed by atoms with Crippen molar-refractivity contribution in [1.82, 2.24) is 4.72 Å². The van der Waals surface area contributed by atoms with Crippen LogP contribution < -0.4 is 10.0 Å². The van der Waals surface area contributed by atoms with Gasteiger partial charge in [0.2, 0.25) is 15.9 Å². The van der Waals surface area contributed by atoms with Crippen LogP contribution in [0.15, 0.2) is 35.2 Å². The first-order chi connectivity index (χ1) is 11.6. The standard InChI is InChI=1S/C18H21ClN2O3S/c1-11-7-13(3)18(14(4)8-11)25(23,24)20-10-17(22)21-16-6-5-15(19)9-12(16)2/h5-9,20H,10H2,1-4H3,(H,21,22). The number of hydrogen-bond acceptors (Lipinski definition) is 3. The molecule has 25 heavy (non-hydrogen) atoms. The van der Waals surface area contributed by atoms with Gasteiger partial charge in [-0.05, 0) is 62.6 Å². The molecule has 0 radical (unpaired) electrons. The predicted molar refractivity (Wildman–Crippen MR) is 101 cm³/mol. The third-order valence-electron chi connectivity index (χ3n) is 3.76. The second kappa shape index (κ2) is 7.56. The minimum atomic E-state index is -3.77. The molecule has 0 aliphatic heterocycles. The number of aryl methyl sites for hydroxylation is 4. The van der Waals surface area contributed by atoms with Crippen LogP contribution in [0.2, 0.25) is 5.02 Å². The van der Waals surface area contributed by atoms with Crippen LogP contribution in [0.25, 0.3) is 0 Å². The van der Waals surface area contributed by atoms with E-state index in [0.717, 1.165) is 11.1 Å². The molecule has 134 valence electrons. The van der Waals surface area contributed by atoms with Gasteiger partial charge in [-0.1, -0.05) is 29.3 Å². The van der Waals surface area contributed by atoms with Gasteiger partial charge in [-0.3, -0.25) is 4.79 Å². The Morgan fingerprint density at radius 2 is 1.60 bits per heavy atom. The highest BCUT2D eigenvalue weighted by atomic mass is 35.5. The van der Waals surface area contributed by atoms with Crippen molar-refractivity contribution in [2.45, 2.75) is 32.6 Å². The summed E-state index contributed by atoms with van der Waals surface area (Å²) in [4.78, 5) is 12.3. The van der Waals surface area contributed by atoms with Crippen molar-refractivity contribution in [1.29, 1.82) is 0 Å². The lowest BCUT2D eigenvalue weighted by atomic mass is 10.1. The van der Waals surface area contributed by atoms with Crippen LogP contribution in [0.4, 0.5) is 5.69 Å². The molecule has 0 aliphatic carbocycles. The lowest BCUT2D eigenvalue weighted by molar-refractivity contribution is -0.115. The molecule has 0 saturated heterocycles. The van der Waals surface area contributed by atoms with Crippen LogP contribution in [-0.2, 0) is 14.8 Å². The van der Waals surface area contributed by atoms with Gasteiger partial charge in [-0.25, -0.2) is 13.1 Å². The summed E-state index contributed by atoms with van der Waals surface area (Å²) in [6.45, 7) is 6.85. The van der Waals surface area contributed by atoms with Crippen LogP contribution in [0.5, 0.6) is 0 Å². The number of anilines is 1. The Balaban J connectivity index is 2.11. The fourth-order valence-electron chi connectivity index (χ4n) is 2.79. The summed E-state index contributed by atoms with van der Waals surface area (Å²) in [5, 5.41) is 3.25. The molecule has 2 aromatic rings. The maximum absolute atomic E-state index is 12.5. The molecule has 2 aromatic carbocycles. The monoisotopic (exact) mass is 380 g/mol. The molecule has 0 spiro atoms. The Labute approximate surface area is 153 Å². The smallest absolute Gasteiger partial charge is 0.241 e. The zero-order chi connectivity index (χ0) is 18.8. The number of nitrogens with one attached hydrogen (secondary N) is 2. The van der Waals surface area contributed by atoms with E-state index in [4.69, 9.17) is 11.6 Å². The molecule has 1 amide bonds. The summed E-state index contributed by atoms with van der Waals surface area (Å²) in [5.74, 6) is -0.448. The lowest BCUT2D eigenvalue weighted by Crippen LogP contribution is -2.33. The molecule has 0 unspecified atom stereocenters. The summed E-state index contributed by atoms with van der Waals surface area (Å²) < 4.78 is 27.5. The van der Waals surface area contributed by atoms with Gasteiger partial charge in [0.05, 0.1) is 11.4 Å². The first-order valence-electron chi connectivity index (χ1n) is 7.73. The topological polar surface area (TPSA) is 75.3 Å². The Kier molecular flexibility index (Phi) is 5.87. The van der Waals surface area contributed by atoms with Crippen LogP contribution in [0.1, 0.15) is 22.3 Å². The van der Waals surface area contributed by atoms with E-state index in [0.29, 0.717) is 21.8 Å². The van der Waals surface area contributed by atoms with Gasteiger partial charge in [0, 0.05) is 10.7 Å². The van der Waals surface area contributed by atoms with Crippen LogP contribution >= 0.6 is 11.6 Å². The Bertz CT molecular complexity index is 901. The van der Waals surface area contributed by atoms with E-state index in [1.807, 2.05) is 13.8 Å². The van der Waals surface area contributed by atoms with E-state index in [9.17, 15) is 13.2 Å². The third kappa shape index (κ3) is 4.81. The number of hydrogen-bond donors (Lipinski definition) is 2. The number of halogens is 1. The van der Waals surface area contributed by atoms with Gasteiger partial charge in [0.25, 0.3) is 0 Å². The second-order valence-electron chi connectivity index (χ2n) is 6.06. The van der Waals surface area contributed by atoms with Crippen molar-refractivity contribution < 1.29 is 13.2 Å². The quantitative estimate of drug-likeness (QED) is 0.833. The molecule has 7 heteroatoms. The number of rotatable bonds is 5.